The minimum atomic E-state index is -0.721. The Hall–Kier alpha value is -1.50. The fourth-order valence-corrected chi connectivity index (χ4v) is 3.08. The topological polar surface area (TPSA) is 27.7 Å². The van der Waals surface area contributed by atoms with Crippen molar-refractivity contribution in [2.45, 2.75) is 50.4 Å². The van der Waals surface area contributed by atoms with Gasteiger partial charge in [0.05, 0.1) is 11.2 Å². The monoisotopic (exact) mass is 374 g/mol. The Kier molecular flexibility index (Phi) is 5.38. The number of rotatable bonds is 5. The average Bonchev–Trinajstić information content (AvgIpc) is 2.82. The van der Waals surface area contributed by atoms with Gasteiger partial charge in [-0.2, -0.15) is 0 Å². The first-order chi connectivity index (χ1) is 12.2. The van der Waals surface area contributed by atoms with Gasteiger partial charge in [0, 0.05) is 10.4 Å². The van der Waals surface area contributed by atoms with E-state index in [1.165, 1.54) is 11.0 Å². The van der Waals surface area contributed by atoms with Crippen molar-refractivity contribution in [2.24, 2.45) is 0 Å². The Morgan fingerprint density at radius 3 is 2.19 bits per heavy atom. The van der Waals surface area contributed by atoms with Crippen molar-refractivity contribution in [3.63, 3.8) is 0 Å². The van der Waals surface area contributed by atoms with Gasteiger partial charge in [-0.25, -0.2) is 4.39 Å². The first kappa shape index (κ1) is 19.3. The lowest BCUT2D eigenvalue weighted by molar-refractivity contribution is 0.00578. The van der Waals surface area contributed by atoms with E-state index in [0.29, 0.717) is 12.1 Å². The van der Waals surface area contributed by atoms with Gasteiger partial charge >= 0.3 is 7.12 Å². The van der Waals surface area contributed by atoms with Gasteiger partial charge < -0.3 is 14.0 Å². The summed E-state index contributed by atoms with van der Waals surface area (Å²) in [5.41, 5.74) is 0.262. The van der Waals surface area contributed by atoms with Crippen molar-refractivity contribution in [3.05, 3.63) is 53.8 Å². The molecule has 2 aromatic rings. The molecular formula is C20H24BFO3S. The summed E-state index contributed by atoms with van der Waals surface area (Å²) in [5.74, 6) is 0.445. The zero-order valence-electron chi connectivity index (χ0n) is 15.8. The molecule has 1 saturated heterocycles. The minimum absolute atomic E-state index is 0.337. The van der Waals surface area contributed by atoms with Gasteiger partial charge in [0.2, 0.25) is 0 Å². The molecule has 1 aliphatic heterocycles. The van der Waals surface area contributed by atoms with E-state index in [4.69, 9.17) is 14.0 Å². The molecule has 138 valence electrons. The zero-order chi connectivity index (χ0) is 18.9. The van der Waals surface area contributed by atoms with E-state index in [1.807, 2.05) is 58.2 Å². The SMILES string of the molecule is CSc1ccc(OCc2ccc(F)c(B3OC(C)(C)C(C)(C)O3)c2)cc1. The largest absolute Gasteiger partial charge is 0.497 e. The number of benzene rings is 2. The lowest BCUT2D eigenvalue weighted by Gasteiger charge is -2.32. The van der Waals surface area contributed by atoms with Crippen molar-refractivity contribution in [1.29, 1.82) is 0 Å². The number of ether oxygens (including phenoxy) is 1. The molecule has 6 heteroatoms. The van der Waals surface area contributed by atoms with Crippen molar-refractivity contribution < 1.29 is 18.4 Å². The van der Waals surface area contributed by atoms with Crippen LogP contribution in [-0.4, -0.2) is 24.6 Å². The van der Waals surface area contributed by atoms with Crippen LogP contribution in [0.5, 0.6) is 5.75 Å². The van der Waals surface area contributed by atoms with Gasteiger partial charge in [-0.15, -0.1) is 11.8 Å². The van der Waals surface area contributed by atoms with E-state index < -0.39 is 18.3 Å². The fraction of sp³-hybridized carbons (Fsp3) is 0.400. The van der Waals surface area contributed by atoms with E-state index in [0.717, 1.165) is 11.3 Å². The molecule has 0 atom stereocenters. The summed E-state index contributed by atoms with van der Waals surface area (Å²) in [5, 5.41) is 0. The highest BCUT2D eigenvalue weighted by Crippen LogP contribution is 2.36. The van der Waals surface area contributed by atoms with E-state index in [1.54, 1.807) is 23.9 Å². The summed E-state index contributed by atoms with van der Waals surface area (Å²) >= 11 is 1.68. The maximum Gasteiger partial charge on any atom is 0.497 e. The van der Waals surface area contributed by atoms with Gasteiger partial charge in [-0.3, -0.25) is 0 Å². The van der Waals surface area contributed by atoms with Crippen LogP contribution in [0.15, 0.2) is 47.4 Å². The second kappa shape index (κ2) is 7.26. The zero-order valence-corrected chi connectivity index (χ0v) is 16.7. The molecule has 0 bridgehead atoms. The van der Waals surface area contributed by atoms with Gasteiger partial charge in [-0.05, 0) is 69.8 Å². The molecule has 0 saturated carbocycles. The Labute approximate surface area is 159 Å². The number of hydrogen-bond acceptors (Lipinski definition) is 4. The summed E-state index contributed by atoms with van der Waals surface area (Å²) in [6.07, 6.45) is 2.03. The highest BCUT2D eigenvalue weighted by atomic mass is 32.2. The predicted octanol–water partition coefficient (Wildman–Crippen LogP) is 4.43. The second-order valence-electron chi connectivity index (χ2n) is 7.41. The maximum absolute atomic E-state index is 14.4. The normalized spacial score (nSPS) is 18.2. The summed E-state index contributed by atoms with van der Waals surface area (Å²) in [7, 11) is -0.721. The minimum Gasteiger partial charge on any atom is -0.489 e. The summed E-state index contributed by atoms with van der Waals surface area (Å²) in [6, 6.07) is 12.8. The van der Waals surface area contributed by atoms with E-state index in [-0.39, 0.29) is 5.82 Å². The molecule has 0 aliphatic carbocycles. The van der Waals surface area contributed by atoms with Gasteiger partial charge in [0.1, 0.15) is 18.2 Å². The summed E-state index contributed by atoms with van der Waals surface area (Å²) in [6.45, 7) is 8.17. The third-order valence-corrected chi connectivity index (χ3v) is 5.78. The van der Waals surface area contributed by atoms with Gasteiger partial charge in [0.25, 0.3) is 0 Å². The fourth-order valence-electron chi connectivity index (χ4n) is 2.67. The molecule has 0 radical (unpaired) electrons. The highest BCUT2D eigenvalue weighted by Gasteiger charge is 2.52. The first-order valence-corrected chi connectivity index (χ1v) is 9.85. The van der Waals surface area contributed by atoms with Crippen LogP contribution in [0, 0.1) is 5.82 Å². The Balaban J connectivity index is 1.73. The summed E-state index contributed by atoms with van der Waals surface area (Å²) < 4.78 is 32.1. The van der Waals surface area contributed by atoms with Crippen molar-refractivity contribution >= 4 is 24.3 Å². The lowest BCUT2D eigenvalue weighted by atomic mass is 9.78. The maximum atomic E-state index is 14.4. The number of thioether (sulfide) groups is 1. The third-order valence-electron chi connectivity index (χ3n) is 5.03. The molecule has 26 heavy (non-hydrogen) atoms. The molecule has 0 amide bonds. The van der Waals surface area contributed by atoms with Gasteiger partial charge in [-0.1, -0.05) is 12.1 Å². The molecule has 1 heterocycles. The molecule has 1 aliphatic rings. The molecule has 3 rings (SSSR count). The predicted molar refractivity (Wildman–Crippen MR) is 105 cm³/mol. The van der Waals surface area contributed by atoms with Crippen LogP contribution in [0.25, 0.3) is 0 Å². The average molecular weight is 374 g/mol. The van der Waals surface area contributed by atoms with Crippen molar-refractivity contribution in [1.82, 2.24) is 0 Å². The molecule has 0 spiro atoms. The van der Waals surface area contributed by atoms with Crippen LogP contribution >= 0.6 is 11.8 Å². The van der Waals surface area contributed by atoms with Crippen molar-refractivity contribution in [2.75, 3.05) is 6.26 Å². The van der Waals surface area contributed by atoms with E-state index in [2.05, 4.69) is 0 Å². The molecule has 0 unspecified atom stereocenters. The molecule has 2 aromatic carbocycles. The van der Waals surface area contributed by atoms with Crippen LogP contribution in [0.1, 0.15) is 33.3 Å². The highest BCUT2D eigenvalue weighted by molar-refractivity contribution is 7.98. The van der Waals surface area contributed by atoms with Gasteiger partial charge in [0.15, 0.2) is 0 Å². The Bertz CT molecular complexity index is 761. The third kappa shape index (κ3) is 3.92. The van der Waals surface area contributed by atoms with Crippen LogP contribution in [-0.2, 0) is 15.9 Å². The lowest BCUT2D eigenvalue weighted by Crippen LogP contribution is -2.41. The second-order valence-corrected chi connectivity index (χ2v) is 8.29. The quantitative estimate of drug-likeness (QED) is 0.572. The smallest absolute Gasteiger partial charge is 0.489 e. The van der Waals surface area contributed by atoms with Crippen LogP contribution < -0.4 is 10.2 Å². The standard InChI is InChI=1S/C20H24BFO3S/c1-19(2)20(3,4)25-21(24-19)17-12-14(6-11-18(17)22)13-23-15-7-9-16(26-5)10-8-15/h6-12H,13H2,1-5H3. The molecule has 1 fully saturated rings. The molecular weight excluding hydrogens is 350 g/mol. The molecule has 0 aromatic heterocycles. The number of hydrogen-bond donors (Lipinski definition) is 0. The number of halogens is 1. The molecule has 3 nitrogen and oxygen atoms in total. The Morgan fingerprint density at radius 2 is 1.62 bits per heavy atom. The Morgan fingerprint density at radius 1 is 1.00 bits per heavy atom. The van der Waals surface area contributed by atoms with Crippen LogP contribution in [0.2, 0.25) is 0 Å². The summed E-state index contributed by atoms with van der Waals surface area (Å²) in [4.78, 5) is 1.18. The van der Waals surface area contributed by atoms with Crippen LogP contribution in [0.4, 0.5) is 4.39 Å². The first-order valence-electron chi connectivity index (χ1n) is 8.63. The van der Waals surface area contributed by atoms with Crippen molar-refractivity contribution in [3.8, 4) is 5.75 Å². The molecule has 0 N–H and O–H groups in total. The van der Waals surface area contributed by atoms with E-state index >= 15 is 0 Å². The van der Waals surface area contributed by atoms with E-state index in [9.17, 15) is 4.39 Å². The van der Waals surface area contributed by atoms with Crippen LogP contribution in [0.3, 0.4) is 0 Å².